The maximum absolute atomic E-state index is 12.7. The number of β-amino-alcohol motifs (C(OH)–C–C–N with tert-alkyl or cyclic N) is 1. The van der Waals surface area contributed by atoms with Gasteiger partial charge < -0.3 is 20.2 Å². The first kappa shape index (κ1) is 24.3. The number of anilines is 2. The smallest absolute Gasteiger partial charge is 0.260 e. The summed E-state index contributed by atoms with van der Waals surface area (Å²) >= 11 is 12.5. The van der Waals surface area contributed by atoms with E-state index in [2.05, 4.69) is 20.1 Å². The molecule has 5 rings (SSSR count). The van der Waals surface area contributed by atoms with Gasteiger partial charge in [0, 0.05) is 54.6 Å². The van der Waals surface area contributed by atoms with Gasteiger partial charge in [0.15, 0.2) is 0 Å². The SMILES string of the molecule is C[C@@H](Nc1cc(N2CC([C@H]3CCCN(CCO)C3)C2)nc2nccc(=O)n12)c1ccc(Cl)cc1Cl. The lowest BCUT2D eigenvalue weighted by molar-refractivity contribution is 0.102. The summed E-state index contributed by atoms with van der Waals surface area (Å²) in [6, 6.07) is 8.59. The van der Waals surface area contributed by atoms with Gasteiger partial charge >= 0.3 is 0 Å². The number of nitrogens with one attached hydrogen (secondary N) is 1. The van der Waals surface area contributed by atoms with E-state index in [0.29, 0.717) is 33.5 Å². The van der Waals surface area contributed by atoms with E-state index in [1.807, 2.05) is 19.1 Å². The highest BCUT2D eigenvalue weighted by Gasteiger charge is 2.36. The van der Waals surface area contributed by atoms with E-state index in [-0.39, 0.29) is 18.2 Å². The fourth-order valence-electron chi connectivity index (χ4n) is 5.26. The van der Waals surface area contributed by atoms with Gasteiger partial charge in [0.1, 0.15) is 11.6 Å². The summed E-state index contributed by atoms with van der Waals surface area (Å²) < 4.78 is 1.50. The lowest BCUT2D eigenvalue weighted by atomic mass is 9.80. The molecule has 0 radical (unpaired) electrons. The zero-order chi connectivity index (χ0) is 24.5. The highest BCUT2D eigenvalue weighted by molar-refractivity contribution is 6.35. The van der Waals surface area contributed by atoms with E-state index in [9.17, 15) is 9.90 Å². The molecule has 35 heavy (non-hydrogen) atoms. The van der Waals surface area contributed by atoms with Crippen LogP contribution in [-0.4, -0.2) is 63.7 Å². The second kappa shape index (κ2) is 10.3. The minimum Gasteiger partial charge on any atom is -0.395 e. The summed E-state index contributed by atoms with van der Waals surface area (Å²) in [7, 11) is 0. The van der Waals surface area contributed by atoms with Crippen molar-refractivity contribution in [3.63, 3.8) is 0 Å². The monoisotopic (exact) mass is 516 g/mol. The van der Waals surface area contributed by atoms with Crippen LogP contribution in [0.5, 0.6) is 0 Å². The van der Waals surface area contributed by atoms with Crippen molar-refractivity contribution >= 4 is 40.6 Å². The molecule has 0 unspecified atom stereocenters. The quantitative estimate of drug-likeness (QED) is 0.494. The first-order chi connectivity index (χ1) is 16.9. The number of halogens is 2. The second-order valence-corrected chi connectivity index (χ2v) is 10.4. The zero-order valence-corrected chi connectivity index (χ0v) is 21.2. The van der Waals surface area contributed by atoms with Crippen LogP contribution in [0.1, 0.15) is 31.4 Å². The number of rotatable bonds is 7. The van der Waals surface area contributed by atoms with E-state index in [4.69, 9.17) is 28.2 Å². The number of benzene rings is 1. The third-order valence-electron chi connectivity index (χ3n) is 7.20. The number of aliphatic hydroxyl groups excluding tert-OH is 1. The molecule has 0 aliphatic carbocycles. The van der Waals surface area contributed by atoms with Crippen LogP contribution in [-0.2, 0) is 0 Å². The molecule has 2 saturated heterocycles. The van der Waals surface area contributed by atoms with Gasteiger partial charge in [-0.2, -0.15) is 4.98 Å². The third kappa shape index (κ3) is 5.11. The molecule has 0 bridgehead atoms. The molecular formula is C25H30Cl2N6O2. The Labute approximate surface area is 214 Å². The van der Waals surface area contributed by atoms with E-state index in [1.165, 1.54) is 29.5 Å². The Kier molecular flexibility index (Phi) is 7.16. The van der Waals surface area contributed by atoms with E-state index < -0.39 is 0 Å². The predicted octanol–water partition coefficient (Wildman–Crippen LogP) is 3.71. The van der Waals surface area contributed by atoms with Crippen LogP contribution < -0.4 is 15.8 Å². The molecule has 186 valence electrons. The Bertz CT molecular complexity index is 1260. The standard InChI is InChI=1S/C25H30Cl2N6O2/c1-16(20-5-4-19(26)11-21(20)27)29-23-12-22(30-25-28-7-6-24(35)33(23)25)32-14-18(15-32)17-3-2-8-31(13-17)9-10-34/h4-7,11-12,16-18,29,34H,2-3,8-10,13-15H2,1H3/t16-,17+/m1/s1. The fourth-order valence-corrected chi connectivity index (χ4v) is 5.84. The van der Waals surface area contributed by atoms with Gasteiger partial charge in [-0.15, -0.1) is 0 Å². The molecule has 0 spiro atoms. The first-order valence-corrected chi connectivity index (χ1v) is 12.9. The minimum absolute atomic E-state index is 0.172. The van der Waals surface area contributed by atoms with Crippen LogP contribution in [0.15, 0.2) is 41.3 Å². The normalized spacial score (nSPS) is 20.1. The lowest BCUT2D eigenvalue weighted by Crippen LogP contribution is -2.54. The Hall–Kier alpha value is -2.39. The number of nitrogens with zero attached hydrogens (tertiary/aromatic N) is 5. The highest BCUT2D eigenvalue weighted by atomic mass is 35.5. The molecule has 2 aliphatic heterocycles. The van der Waals surface area contributed by atoms with Gasteiger partial charge in [-0.1, -0.05) is 29.3 Å². The summed E-state index contributed by atoms with van der Waals surface area (Å²) in [5, 5.41) is 13.9. The van der Waals surface area contributed by atoms with Crippen molar-refractivity contribution in [2.75, 3.05) is 49.5 Å². The van der Waals surface area contributed by atoms with Crippen LogP contribution in [0.25, 0.3) is 5.78 Å². The topological polar surface area (TPSA) is 86.0 Å². The summed E-state index contributed by atoms with van der Waals surface area (Å²) in [5.74, 6) is 3.03. The van der Waals surface area contributed by atoms with Gasteiger partial charge in [0.05, 0.1) is 12.6 Å². The average molecular weight is 517 g/mol. The molecule has 2 atom stereocenters. The molecule has 2 fully saturated rings. The molecule has 10 heteroatoms. The number of fused-ring (bicyclic) bond motifs is 1. The molecule has 4 heterocycles. The van der Waals surface area contributed by atoms with Crippen LogP contribution in [0.2, 0.25) is 10.0 Å². The van der Waals surface area contributed by atoms with Crippen molar-refractivity contribution in [1.29, 1.82) is 0 Å². The van der Waals surface area contributed by atoms with Crippen LogP contribution in [0.3, 0.4) is 0 Å². The molecule has 8 nitrogen and oxygen atoms in total. The van der Waals surface area contributed by atoms with Crippen molar-refractivity contribution in [2.24, 2.45) is 11.8 Å². The Morgan fingerprint density at radius 2 is 2.00 bits per heavy atom. The Morgan fingerprint density at radius 1 is 1.17 bits per heavy atom. The van der Waals surface area contributed by atoms with E-state index >= 15 is 0 Å². The number of hydrogen-bond donors (Lipinski definition) is 2. The van der Waals surface area contributed by atoms with Crippen LogP contribution in [0.4, 0.5) is 11.6 Å². The maximum Gasteiger partial charge on any atom is 0.260 e. The lowest BCUT2D eigenvalue weighted by Gasteiger charge is -2.47. The van der Waals surface area contributed by atoms with Crippen LogP contribution in [0, 0.1) is 11.8 Å². The number of hydrogen-bond acceptors (Lipinski definition) is 7. The summed E-state index contributed by atoms with van der Waals surface area (Å²) in [6.45, 7) is 6.93. The van der Waals surface area contributed by atoms with E-state index in [1.54, 1.807) is 12.1 Å². The number of aromatic nitrogens is 3. The molecule has 2 N–H and O–H groups in total. The van der Waals surface area contributed by atoms with Gasteiger partial charge in [0.25, 0.3) is 5.56 Å². The predicted molar refractivity (Wildman–Crippen MR) is 140 cm³/mol. The van der Waals surface area contributed by atoms with Gasteiger partial charge in [-0.25, -0.2) is 9.38 Å². The van der Waals surface area contributed by atoms with Crippen molar-refractivity contribution in [3.05, 3.63) is 62.5 Å². The zero-order valence-electron chi connectivity index (χ0n) is 19.7. The maximum atomic E-state index is 12.7. The largest absolute Gasteiger partial charge is 0.395 e. The molecule has 3 aromatic rings. The van der Waals surface area contributed by atoms with Gasteiger partial charge in [0.2, 0.25) is 5.78 Å². The molecule has 0 amide bonds. The number of likely N-dealkylation sites (tertiary alicyclic amines) is 1. The number of aliphatic hydroxyl groups is 1. The third-order valence-corrected chi connectivity index (χ3v) is 7.76. The summed E-state index contributed by atoms with van der Waals surface area (Å²) in [6.07, 6.45) is 3.91. The molecule has 0 saturated carbocycles. The van der Waals surface area contributed by atoms with Gasteiger partial charge in [-0.05, 0) is 55.8 Å². The Balaban J connectivity index is 1.37. The van der Waals surface area contributed by atoms with Crippen molar-refractivity contribution in [3.8, 4) is 0 Å². The molecule has 1 aromatic carbocycles. The van der Waals surface area contributed by atoms with Crippen molar-refractivity contribution in [2.45, 2.75) is 25.8 Å². The van der Waals surface area contributed by atoms with Gasteiger partial charge in [-0.3, -0.25) is 4.79 Å². The van der Waals surface area contributed by atoms with E-state index in [0.717, 1.165) is 44.1 Å². The molecule has 2 aliphatic rings. The molecule has 2 aromatic heterocycles. The van der Waals surface area contributed by atoms with Crippen molar-refractivity contribution < 1.29 is 5.11 Å². The minimum atomic E-state index is -0.196. The number of piperidine rings is 1. The fraction of sp³-hybridized carbons (Fsp3) is 0.480. The van der Waals surface area contributed by atoms with Crippen LogP contribution >= 0.6 is 23.2 Å². The molecular weight excluding hydrogens is 487 g/mol. The average Bonchev–Trinajstić information content (AvgIpc) is 2.78. The Morgan fingerprint density at radius 3 is 2.77 bits per heavy atom. The highest BCUT2D eigenvalue weighted by Crippen LogP contribution is 2.35. The van der Waals surface area contributed by atoms with Crippen molar-refractivity contribution in [1.82, 2.24) is 19.3 Å². The summed E-state index contributed by atoms with van der Waals surface area (Å²) in [5.41, 5.74) is 0.687. The first-order valence-electron chi connectivity index (χ1n) is 12.1. The summed E-state index contributed by atoms with van der Waals surface area (Å²) in [4.78, 5) is 26.4. The second-order valence-electron chi connectivity index (χ2n) is 9.54.